The van der Waals surface area contributed by atoms with E-state index >= 15 is 0 Å². The lowest BCUT2D eigenvalue weighted by molar-refractivity contribution is -0.142. The van der Waals surface area contributed by atoms with Crippen molar-refractivity contribution in [3.8, 4) is 0 Å². The topological polar surface area (TPSA) is 38.3 Å². The molecule has 0 spiro atoms. The quantitative estimate of drug-likeness (QED) is 0.634. The molecule has 15 heavy (non-hydrogen) atoms. The van der Waals surface area contributed by atoms with Crippen molar-refractivity contribution < 1.29 is 9.53 Å². The average Bonchev–Trinajstić information content (AvgIpc) is 2.18. The van der Waals surface area contributed by atoms with Crippen LogP contribution in [0.15, 0.2) is 0 Å². The summed E-state index contributed by atoms with van der Waals surface area (Å²) in [5.41, 5.74) is 0. The van der Waals surface area contributed by atoms with Crippen LogP contribution in [0.2, 0.25) is 0 Å². The normalized spacial score (nSPS) is 22.5. The standard InChI is InChI=1S/C9H14Cl3NO2/c10-9(11,12)8(14)15-5-3-7-2-1-4-13-6-7/h7,13H,1-6H2/t7-/m0/s1. The summed E-state index contributed by atoms with van der Waals surface area (Å²) in [6.07, 6.45) is 3.15. The molecule has 88 valence electrons. The Morgan fingerprint density at radius 3 is 2.73 bits per heavy atom. The predicted octanol–water partition coefficient (Wildman–Crippen LogP) is 2.29. The Labute approximate surface area is 104 Å². The number of rotatable bonds is 3. The number of esters is 1. The lowest BCUT2D eigenvalue weighted by atomic mass is 9.97. The molecule has 0 bridgehead atoms. The van der Waals surface area contributed by atoms with Crippen molar-refractivity contribution >= 4 is 40.8 Å². The van der Waals surface area contributed by atoms with Crippen molar-refractivity contribution in [1.29, 1.82) is 0 Å². The number of alkyl halides is 3. The van der Waals surface area contributed by atoms with E-state index in [9.17, 15) is 4.79 Å². The van der Waals surface area contributed by atoms with Crippen LogP contribution >= 0.6 is 34.8 Å². The van der Waals surface area contributed by atoms with Crippen LogP contribution < -0.4 is 5.32 Å². The smallest absolute Gasteiger partial charge is 0.358 e. The number of halogens is 3. The van der Waals surface area contributed by atoms with Crippen LogP contribution in [0.1, 0.15) is 19.3 Å². The predicted molar refractivity (Wildman–Crippen MR) is 61.5 cm³/mol. The van der Waals surface area contributed by atoms with Crippen LogP contribution in [0.5, 0.6) is 0 Å². The Kier molecular flexibility index (Phi) is 5.47. The van der Waals surface area contributed by atoms with Gasteiger partial charge in [0.05, 0.1) is 6.61 Å². The summed E-state index contributed by atoms with van der Waals surface area (Å²) in [5, 5.41) is 3.28. The highest BCUT2D eigenvalue weighted by Gasteiger charge is 2.32. The number of carbonyl (C=O) groups is 1. The summed E-state index contributed by atoms with van der Waals surface area (Å²) in [6.45, 7) is 2.37. The van der Waals surface area contributed by atoms with E-state index in [0.29, 0.717) is 12.5 Å². The molecule has 1 heterocycles. The molecule has 1 fully saturated rings. The molecular weight excluding hydrogens is 260 g/mol. The first kappa shape index (κ1) is 13.4. The van der Waals surface area contributed by atoms with Gasteiger partial charge in [0.15, 0.2) is 0 Å². The summed E-state index contributed by atoms with van der Waals surface area (Å²) >= 11 is 16.0. The molecule has 0 aliphatic carbocycles. The van der Waals surface area contributed by atoms with E-state index in [-0.39, 0.29) is 0 Å². The molecule has 1 atom stereocenters. The molecule has 0 aromatic rings. The molecule has 1 aliphatic rings. The zero-order valence-corrected chi connectivity index (χ0v) is 10.5. The molecule has 0 unspecified atom stereocenters. The Hall–Kier alpha value is 0.300. The number of hydrogen-bond acceptors (Lipinski definition) is 3. The molecule has 1 rings (SSSR count). The average molecular weight is 275 g/mol. The fraction of sp³-hybridized carbons (Fsp3) is 0.889. The van der Waals surface area contributed by atoms with Crippen LogP contribution in [-0.2, 0) is 9.53 Å². The van der Waals surface area contributed by atoms with Crippen molar-refractivity contribution in [3.05, 3.63) is 0 Å². The largest absolute Gasteiger partial charge is 0.463 e. The van der Waals surface area contributed by atoms with Gasteiger partial charge in [-0.25, -0.2) is 4.79 Å². The second-order valence-corrected chi connectivity index (χ2v) is 5.92. The van der Waals surface area contributed by atoms with Gasteiger partial charge in [-0.3, -0.25) is 0 Å². The summed E-state index contributed by atoms with van der Waals surface area (Å²) in [6, 6.07) is 0. The molecule has 6 heteroatoms. The van der Waals surface area contributed by atoms with Gasteiger partial charge in [-0.1, -0.05) is 34.8 Å². The van der Waals surface area contributed by atoms with Crippen LogP contribution in [0.3, 0.4) is 0 Å². The number of hydrogen-bond donors (Lipinski definition) is 1. The third-order valence-electron chi connectivity index (χ3n) is 2.39. The van der Waals surface area contributed by atoms with Gasteiger partial charge >= 0.3 is 5.97 Å². The third-order valence-corrected chi connectivity index (χ3v) is 2.85. The molecular formula is C9H14Cl3NO2. The number of piperidine rings is 1. The molecule has 0 amide bonds. The Balaban J connectivity index is 2.12. The molecule has 0 aromatic carbocycles. The van der Waals surface area contributed by atoms with Gasteiger partial charge in [-0.15, -0.1) is 0 Å². The molecule has 3 nitrogen and oxygen atoms in total. The van der Waals surface area contributed by atoms with Crippen molar-refractivity contribution in [2.75, 3.05) is 19.7 Å². The SMILES string of the molecule is O=C(OCC[C@@H]1CCCNC1)C(Cl)(Cl)Cl. The monoisotopic (exact) mass is 273 g/mol. The molecule has 1 saturated heterocycles. The van der Waals surface area contributed by atoms with E-state index < -0.39 is 9.76 Å². The van der Waals surface area contributed by atoms with E-state index in [0.717, 1.165) is 25.9 Å². The highest BCUT2D eigenvalue weighted by molar-refractivity contribution is 6.75. The maximum atomic E-state index is 11.1. The zero-order valence-electron chi connectivity index (χ0n) is 8.27. The summed E-state index contributed by atoms with van der Waals surface area (Å²) in [7, 11) is 0. The summed E-state index contributed by atoms with van der Waals surface area (Å²) in [4.78, 5) is 11.1. The van der Waals surface area contributed by atoms with E-state index in [2.05, 4.69) is 5.32 Å². The summed E-state index contributed by atoms with van der Waals surface area (Å²) in [5.74, 6) is -0.238. The Morgan fingerprint density at radius 1 is 1.47 bits per heavy atom. The van der Waals surface area contributed by atoms with Gasteiger partial charge in [-0.2, -0.15) is 0 Å². The van der Waals surface area contributed by atoms with Crippen molar-refractivity contribution in [3.63, 3.8) is 0 Å². The summed E-state index contributed by atoms with van der Waals surface area (Å²) < 4.78 is 2.89. The Morgan fingerprint density at radius 2 is 2.20 bits per heavy atom. The van der Waals surface area contributed by atoms with Crippen LogP contribution in [0, 0.1) is 5.92 Å². The van der Waals surface area contributed by atoms with Gasteiger partial charge in [-0.05, 0) is 38.3 Å². The highest BCUT2D eigenvalue weighted by Crippen LogP contribution is 2.27. The van der Waals surface area contributed by atoms with Gasteiger partial charge in [0, 0.05) is 0 Å². The van der Waals surface area contributed by atoms with Gasteiger partial charge in [0.25, 0.3) is 3.79 Å². The second kappa shape index (κ2) is 6.14. The van der Waals surface area contributed by atoms with Crippen LogP contribution in [0.25, 0.3) is 0 Å². The van der Waals surface area contributed by atoms with Gasteiger partial charge in [0.2, 0.25) is 0 Å². The minimum atomic E-state index is -1.95. The van der Waals surface area contributed by atoms with Crippen molar-refractivity contribution in [1.82, 2.24) is 5.32 Å². The lowest BCUT2D eigenvalue weighted by Gasteiger charge is -2.22. The minimum absolute atomic E-state index is 0.319. The van der Waals surface area contributed by atoms with E-state index in [1.54, 1.807) is 0 Å². The van der Waals surface area contributed by atoms with E-state index in [1.165, 1.54) is 6.42 Å². The lowest BCUT2D eigenvalue weighted by Crippen LogP contribution is -2.31. The molecule has 1 N–H and O–H groups in total. The molecule has 0 aromatic heterocycles. The minimum Gasteiger partial charge on any atom is -0.463 e. The van der Waals surface area contributed by atoms with E-state index in [1.807, 2.05) is 0 Å². The third kappa shape index (κ3) is 5.25. The van der Waals surface area contributed by atoms with Gasteiger partial charge < -0.3 is 10.1 Å². The van der Waals surface area contributed by atoms with Gasteiger partial charge in [0.1, 0.15) is 0 Å². The zero-order chi connectivity index (χ0) is 11.3. The molecule has 0 saturated carbocycles. The first-order valence-electron chi connectivity index (χ1n) is 4.95. The molecule has 1 aliphatic heterocycles. The Bertz CT molecular complexity index is 212. The number of carbonyl (C=O) groups excluding carboxylic acids is 1. The first-order valence-corrected chi connectivity index (χ1v) is 6.08. The fourth-order valence-electron chi connectivity index (χ4n) is 1.57. The van der Waals surface area contributed by atoms with E-state index in [4.69, 9.17) is 39.5 Å². The maximum Gasteiger partial charge on any atom is 0.358 e. The molecule has 0 radical (unpaired) electrons. The van der Waals surface area contributed by atoms with Crippen LogP contribution in [-0.4, -0.2) is 29.5 Å². The highest BCUT2D eigenvalue weighted by atomic mass is 35.6. The maximum absolute atomic E-state index is 11.1. The second-order valence-electron chi connectivity index (χ2n) is 3.63. The van der Waals surface area contributed by atoms with Crippen molar-refractivity contribution in [2.45, 2.75) is 23.1 Å². The number of ether oxygens (including phenoxy) is 1. The van der Waals surface area contributed by atoms with Crippen molar-refractivity contribution in [2.24, 2.45) is 5.92 Å². The first-order chi connectivity index (χ1) is 7.00. The van der Waals surface area contributed by atoms with Crippen LogP contribution in [0.4, 0.5) is 0 Å². The number of nitrogens with one attached hydrogen (secondary N) is 1. The fourth-order valence-corrected chi connectivity index (χ4v) is 1.73.